The van der Waals surface area contributed by atoms with E-state index in [4.69, 9.17) is 4.74 Å². The lowest BCUT2D eigenvalue weighted by Gasteiger charge is -2.22. The molecule has 2 aliphatic rings. The van der Waals surface area contributed by atoms with Gasteiger partial charge in [-0.2, -0.15) is 0 Å². The van der Waals surface area contributed by atoms with Crippen LogP contribution in [0, 0.1) is 10.1 Å². The molecule has 8 heteroatoms. The van der Waals surface area contributed by atoms with Crippen molar-refractivity contribution in [1.29, 1.82) is 0 Å². The average molecular weight is 605 g/mol. The van der Waals surface area contributed by atoms with E-state index in [2.05, 4.69) is 59.9 Å². The Kier molecular flexibility index (Phi) is 10.4. The van der Waals surface area contributed by atoms with Crippen LogP contribution in [0.25, 0.3) is 5.57 Å². The van der Waals surface area contributed by atoms with E-state index in [-0.39, 0.29) is 17.2 Å². The quantitative estimate of drug-likeness (QED) is 0.131. The average Bonchev–Trinajstić information content (AvgIpc) is 3.27. The van der Waals surface area contributed by atoms with Crippen LogP contribution in [0.5, 0.6) is 11.5 Å². The monoisotopic (exact) mass is 604 g/mol. The van der Waals surface area contributed by atoms with Crippen LogP contribution in [0.1, 0.15) is 45.5 Å². The van der Waals surface area contributed by atoms with E-state index < -0.39 is 4.92 Å². The predicted molar refractivity (Wildman–Crippen MR) is 180 cm³/mol. The predicted octanol–water partition coefficient (Wildman–Crippen LogP) is 7.13. The van der Waals surface area contributed by atoms with Crippen molar-refractivity contribution in [3.8, 4) is 11.5 Å². The fraction of sp³-hybridized carbons (Fsp3) is 0.270. The van der Waals surface area contributed by atoms with Crippen LogP contribution in [-0.2, 0) is 12.8 Å². The molecule has 0 atom stereocenters. The Labute approximate surface area is 265 Å². The first kappa shape index (κ1) is 31.6. The van der Waals surface area contributed by atoms with Gasteiger partial charge >= 0.3 is 0 Å². The van der Waals surface area contributed by atoms with Crippen molar-refractivity contribution >= 4 is 22.9 Å². The Hall–Kier alpha value is -4.79. The normalized spacial score (nSPS) is 13.2. The Morgan fingerprint density at radius 2 is 1.53 bits per heavy atom. The number of carbonyl (C=O) groups excluding carboxylic acids is 1. The molecule has 4 aromatic rings. The van der Waals surface area contributed by atoms with Crippen LogP contribution in [0.2, 0.25) is 0 Å². The number of ether oxygens (including phenoxy) is 1. The smallest absolute Gasteiger partial charge is 0.270 e. The molecule has 4 aromatic carbocycles. The molecular weight excluding hydrogens is 564 g/mol. The molecule has 1 heterocycles. The third-order valence-electron chi connectivity index (χ3n) is 8.03. The van der Waals surface area contributed by atoms with Crippen molar-refractivity contribution in [2.75, 3.05) is 45.7 Å². The molecule has 0 saturated carbocycles. The number of carbonyl (C=O) groups is 1. The molecule has 232 valence electrons. The first-order chi connectivity index (χ1) is 21.9. The van der Waals surface area contributed by atoms with Crippen LogP contribution in [0.4, 0.5) is 11.4 Å². The SMILES string of the molecule is CN(C)CCCN1C(=O)c2cc([N+](=O)[O-])ccc2Oc2ccccc21.CNCCC=C1c2ccccc2CCc2ccccc21. The Balaban J connectivity index is 0.000000182. The van der Waals surface area contributed by atoms with Gasteiger partial charge in [0.05, 0.1) is 16.2 Å². The van der Waals surface area contributed by atoms with Crippen LogP contribution in [-0.4, -0.2) is 56.5 Å². The Bertz CT molecular complexity index is 1650. The molecule has 0 spiro atoms. The van der Waals surface area contributed by atoms with Crippen LogP contribution < -0.4 is 15.0 Å². The molecule has 0 fully saturated rings. The van der Waals surface area contributed by atoms with Gasteiger partial charge in [0.1, 0.15) is 5.75 Å². The molecule has 0 unspecified atom stereocenters. The molecule has 1 aliphatic heterocycles. The molecular formula is C37H40N4O4. The Morgan fingerprint density at radius 1 is 0.889 bits per heavy atom. The fourth-order valence-corrected chi connectivity index (χ4v) is 5.79. The first-order valence-electron chi connectivity index (χ1n) is 15.4. The highest BCUT2D eigenvalue weighted by atomic mass is 16.6. The molecule has 45 heavy (non-hydrogen) atoms. The van der Waals surface area contributed by atoms with Crippen LogP contribution >= 0.6 is 0 Å². The van der Waals surface area contributed by atoms with Gasteiger partial charge in [0.15, 0.2) is 5.75 Å². The summed E-state index contributed by atoms with van der Waals surface area (Å²) < 4.78 is 5.87. The molecule has 1 aliphatic carbocycles. The topological polar surface area (TPSA) is 88.0 Å². The lowest BCUT2D eigenvalue weighted by atomic mass is 9.93. The van der Waals surface area contributed by atoms with Crippen molar-refractivity contribution in [3.05, 3.63) is 135 Å². The van der Waals surface area contributed by atoms with Crippen molar-refractivity contribution in [1.82, 2.24) is 10.2 Å². The fourth-order valence-electron chi connectivity index (χ4n) is 5.79. The highest BCUT2D eigenvalue weighted by Gasteiger charge is 2.29. The maximum absolute atomic E-state index is 13.1. The van der Waals surface area contributed by atoms with E-state index >= 15 is 0 Å². The van der Waals surface area contributed by atoms with Gasteiger partial charge in [0, 0.05) is 18.7 Å². The molecule has 1 N–H and O–H groups in total. The number of fused-ring (bicyclic) bond motifs is 4. The second kappa shape index (κ2) is 14.8. The minimum atomic E-state index is -0.512. The van der Waals surface area contributed by atoms with E-state index in [1.807, 2.05) is 44.2 Å². The summed E-state index contributed by atoms with van der Waals surface area (Å²) in [4.78, 5) is 27.3. The zero-order valence-electron chi connectivity index (χ0n) is 26.2. The van der Waals surface area contributed by atoms with Gasteiger partial charge in [-0.05, 0) is 106 Å². The minimum absolute atomic E-state index is 0.130. The highest BCUT2D eigenvalue weighted by Crippen LogP contribution is 2.40. The highest BCUT2D eigenvalue weighted by molar-refractivity contribution is 6.10. The van der Waals surface area contributed by atoms with Gasteiger partial charge in [-0.1, -0.05) is 66.7 Å². The summed E-state index contributed by atoms with van der Waals surface area (Å²) in [6, 6.07) is 29.1. The second-order valence-electron chi connectivity index (χ2n) is 11.4. The van der Waals surface area contributed by atoms with Crippen LogP contribution in [0.15, 0.2) is 97.1 Å². The summed E-state index contributed by atoms with van der Waals surface area (Å²) in [5.74, 6) is 0.605. The molecule has 0 bridgehead atoms. The maximum Gasteiger partial charge on any atom is 0.270 e. The van der Waals surface area contributed by atoms with E-state index in [1.165, 1.54) is 46.0 Å². The molecule has 6 rings (SSSR count). The molecule has 0 aromatic heterocycles. The summed E-state index contributed by atoms with van der Waals surface area (Å²) in [6.45, 7) is 2.35. The molecule has 0 saturated heterocycles. The number of hydrogen-bond donors (Lipinski definition) is 1. The number of aryl methyl sites for hydroxylation is 2. The third-order valence-corrected chi connectivity index (χ3v) is 8.03. The summed E-state index contributed by atoms with van der Waals surface area (Å²) in [5, 5.41) is 14.3. The minimum Gasteiger partial charge on any atom is -0.454 e. The zero-order chi connectivity index (χ0) is 31.8. The van der Waals surface area contributed by atoms with Gasteiger partial charge in [0.2, 0.25) is 0 Å². The van der Waals surface area contributed by atoms with E-state index in [0.717, 1.165) is 38.8 Å². The van der Waals surface area contributed by atoms with Gasteiger partial charge < -0.3 is 19.9 Å². The van der Waals surface area contributed by atoms with E-state index in [0.29, 0.717) is 23.7 Å². The second-order valence-corrected chi connectivity index (χ2v) is 11.4. The number of nitrogens with one attached hydrogen (secondary N) is 1. The first-order valence-corrected chi connectivity index (χ1v) is 15.4. The van der Waals surface area contributed by atoms with Crippen molar-refractivity contribution < 1.29 is 14.5 Å². The number of nitro groups is 1. The summed E-state index contributed by atoms with van der Waals surface area (Å²) in [6.07, 6.45) is 6.50. The third kappa shape index (κ3) is 7.48. The zero-order valence-corrected chi connectivity index (χ0v) is 26.2. The van der Waals surface area contributed by atoms with Gasteiger partial charge in [-0.25, -0.2) is 0 Å². The molecule has 1 amide bonds. The van der Waals surface area contributed by atoms with E-state index in [9.17, 15) is 14.9 Å². The number of para-hydroxylation sites is 2. The number of anilines is 1. The maximum atomic E-state index is 13.1. The summed E-state index contributed by atoms with van der Waals surface area (Å²) >= 11 is 0. The number of non-ortho nitro benzene ring substituents is 1. The Morgan fingerprint density at radius 3 is 2.18 bits per heavy atom. The summed E-state index contributed by atoms with van der Waals surface area (Å²) in [7, 11) is 5.95. The van der Waals surface area contributed by atoms with E-state index in [1.54, 1.807) is 11.0 Å². The van der Waals surface area contributed by atoms with Gasteiger partial charge in [-0.15, -0.1) is 0 Å². The van der Waals surface area contributed by atoms with Crippen LogP contribution in [0.3, 0.4) is 0 Å². The number of hydrogen-bond acceptors (Lipinski definition) is 6. The number of amides is 1. The molecule has 8 nitrogen and oxygen atoms in total. The standard InChI is InChI=1S/C19H21N.C18H19N3O4/c1-20-14-6-11-19-17-9-4-2-7-15(17)12-13-16-8-3-5-10-18(16)19;1-19(2)10-5-11-20-15-6-3-4-7-17(15)25-16-9-8-13(21(23)24)12-14(16)18(20)22/h2-5,7-11,20H,6,12-14H2,1H3;3-4,6-9,12H,5,10-11H2,1-2H3. The van der Waals surface area contributed by atoms with Gasteiger partial charge in [0.25, 0.3) is 11.6 Å². The van der Waals surface area contributed by atoms with Crippen molar-refractivity contribution in [2.24, 2.45) is 0 Å². The number of nitrogens with zero attached hydrogens (tertiary/aromatic N) is 3. The largest absolute Gasteiger partial charge is 0.454 e. The molecule has 0 radical (unpaired) electrons. The lowest BCUT2D eigenvalue weighted by Crippen LogP contribution is -2.32. The number of benzene rings is 4. The summed E-state index contributed by atoms with van der Waals surface area (Å²) in [5.41, 5.74) is 7.92. The number of nitro benzene ring substituents is 1. The lowest BCUT2D eigenvalue weighted by molar-refractivity contribution is -0.384. The van der Waals surface area contributed by atoms with Gasteiger partial charge in [-0.3, -0.25) is 14.9 Å². The van der Waals surface area contributed by atoms with Crippen molar-refractivity contribution in [2.45, 2.75) is 25.7 Å². The number of rotatable bonds is 8. The van der Waals surface area contributed by atoms with Crippen molar-refractivity contribution in [3.63, 3.8) is 0 Å².